The molecule has 0 bridgehead atoms. The molecule has 2 N–H and O–H groups in total. The van der Waals surface area contributed by atoms with E-state index in [1.807, 2.05) is 49.4 Å². The van der Waals surface area contributed by atoms with Crippen LogP contribution in [0, 0.1) is 0 Å². The van der Waals surface area contributed by atoms with Crippen LogP contribution in [0.2, 0.25) is 10.0 Å². The first-order valence-electron chi connectivity index (χ1n) is 11.8. The van der Waals surface area contributed by atoms with Gasteiger partial charge in [0.1, 0.15) is 11.6 Å². The first kappa shape index (κ1) is 25.1. The summed E-state index contributed by atoms with van der Waals surface area (Å²) in [5.74, 6) is 1.32. The first-order valence-corrected chi connectivity index (χ1v) is 12.5. The molecule has 4 rings (SSSR count). The molecule has 0 spiro atoms. The van der Waals surface area contributed by atoms with Crippen LogP contribution in [0.15, 0.2) is 77.8 Å². The van der Waals surface area contributed by atoms with Crippen molar-refractivity contribution in [2.75, 3.05) is 37.7 Å². The molecular weight excluding hydrogens is 479 g/mol. The van der Waals surface area contributed by atoms with Gasteiger partial charge in [-0.25, -0.2) is 4.99 Å². The third-order valence-electron chi connectivity index (χ3n) is 5.88. The van der Waals surface area contributed by atoms with Gasteiger partial charge in [-0.15, -0.1) is 0 Å². The Morgan fingerprint density at radius 2 is 1.69 bits per heavy atom. The second kappa shape index (κ2) is 12.1. The van der Waals surface area contributed by atoms with Crippen LogP contribution in [0.5, 0.6) is 5.75 Å². The van der Waals surface area contributed by atoms with Crippen LogP contribution in [0.1, 0.15) is 18.1 Å². The summed E-state index contributed by atoms with van der Waals surface area (Å²) in [5.41, 5.74) is 10.1. The lowest BCUT2D eigenvalue weighted by Crippen LogP contribution is -2.45. The second-order valence-corrected chi connectivity index (χ2v) is 9.24. The van der Waals surface area contributed by atoms with Gasteiger partial charge in [0.25, 0.3) is 0 Å². The van der Waals surface area contributed by atoms with Gasteiger partial charge >= 0.3 is 0 Å². The molecule has 7 heteroatoms. The van der Waals surface area contributed by atoms with Gasteiger partial charge in [-0.3, -0.25) is 4.90 Å². The molecule has 35 heavy (non-hydrogen) atoms. The Kier molecular flexibility index (Phi) is 8.69. The SMILES string of the molecule is CCOc1ccc(CN2CCN(c3ccc(C=CC(N)=Nc4ccc(Cl)cc4)c(Cl)c3)CC2)cc1. The number of rotatable bonds is 8. The van der Waals surface area contributed by atoms with E-state index in [0.29, 0.717) is 22.5 Å². The highest BCUT2D eigenvalue weighted by Crippen LogP contribution is 2.26. The predicted molar refractivity (Wildman–Crippen MR) is 148 cm³/mol. The van der Waals surface area contributed by atoms with E-state index in [-0.39, 0.29) is 0 Å². The van der Waals surface area contributed by atoms with Crippen LogP contribution in [0.3, 0.4) is 0 Å². The molecule has 1 fully saturated rings. The number of nitrogens with two attached hydrogens (primary N) is 1. The Morgan fingerprint density at radius 1 is 0.971 bits per heavy atom. The molecule has 1 aliphatic rings. The van der Waals surface area contributed by atoms with Gasteiger partial charge in [-0.1, -0.05) is 41.4 Å². The molecule has 0 atom stereocenters. The van der Waals surface area contributed by atoms with Crippen molar-refractivity contribution in [2.45, 2.75) is 13.5 Å². The maximum atomic E-state index is 6.59. The summed E-state index contributed by atoms with van der Waals surface area (Å²) >= 11 is 12.5. The molecule has 0 aliphatic carbocycles. The lowest BCUT2D eigenvalue weighted by atomic mass is 10.1. The summed E-state index contributed by atoms with van der Waals surface area (Å²) < 4.78 is 5.54. The second-order valence-electron chi connectivity index (χ2n) is 8.39. The lowest BCUT2D eigenvalue weighted by Gasteiger charge is -2.36. The highest BCUT2D eigenvalue weighted by Gasteiger charge is 2.18. The number of hydrogen-bond acceptors (Lipinski definition) is 4. The molecule has 182 valence electrons. The van der Waals surface area contributed by atoms with Gasteiger partial charge in [0, 0.05) is 48.5 Å². The summed E-state index contributed by atoms with van der Waals surface area (Å²) in [7, 11) is 0. The zero-order chi connectivity index (χ0) is 24.6. The fourth-order valence-corrected chi connectivity index (χ4v) is 4.37. The van der Waals surface area contributed by atoms with Gasteiger partial charge in [0.05, 0.1) is 12.3 Å². The fourth-order valence-electron chi connectivity index (χ4n) is 4.01. The van der Waals surface area contributed by atoms with Gasteiger partial charge < -0.3 is 15.4 Å². The molecule has 0 saturated carbocycles. The average Bonchev–Trinajstić information content (AvgIpc) is 2.86. The van der Waals surface area contributed by atoms with Crippen LogP contribution in [-0.4, -0.2) is 43.5 Å². The summed E-state index contributed by atoms with van der Waals surface area (Å²) in [6, 6.07) is 21.8. The monoisotopic (exact) mass is 508 g/mol. The molecule has 0 aromatic heterocycles. The minimum absolute atomic E-state index is 0.399. The summed E-state index contributed by atoms with van der Waals surface area (Å²) in [6.45, 7) is 7.57. The number of anilines is 1. The van der Waals surface area contributed by atoms with Crippen molar-refractivity contribution in [1.29, 1.82) is 0 Å². The summed E-state index contributed by atoms with van der Waals surface area (Å²) in [5, 5.41) is 1.36. The van der Waals surface area contributed by atoms with Crippen molar-refractivity contribution in [1.82, 2.24) is 4.90 Å². The van der Waals surface area contributed by atoms with Crippen LogP contribution < -0.4 is 15.4 Å². The molecule has 1 heterocycles. The third-order valence-corrected chi connectivity index (χ3v) is 6.46. The van der Waals surface area contributed by atoms with Gasteiger partial charge in [0.15, 0.2) is 0 Å². The predicted octanol–water partition coefficient (Wildman–Crippen LogP) is 6.42. The Morgan fingerprint density at radius 3 is 2.34 bits per heavy atom. The summed E-state index contributed by atoms with van der Waals surface area (Å²) in [6.07, 6.45) is 3.64. The van der Waals surface area contributed by atoms with Gasteiger partial charge in [0.2, 0.25) is 0 Å². The standard InChI is InChI=1S/C28H30Cl2N4O/c1-2-35-26-12-3-21(4-13-26)20-33-15-17-34(18-16-33)25-11-5-22(27(30)19-25)6-14-28(31)32-24-9-7-23(29)8-10-24/h3-14,19H,2,15-18,20H2,1H3,(H2,31,32). The van der Waals surface area contributed by atoms with Gasteiger partial charge in [-0.2, -0.15) is 0 Å². The number of ether oxygens (including phenoxy) is 1. The van der Waals surface area contributed by atoms with Crippen molar-refractivity contribution >= 4 is 46.5 Å². The lowest BCUT2D eigenvalue weighted by molar-refractivity contribution is 0.249. The fraction of sp³-hybridized carbons (Fsp3) is 0.250. The molecule has 3 aromatic carbocycles. The Balaban J connectivity index is 1.31. The Bertz CT molecular complexity index is 1170. The summed E-state index contributed by atoms with van der Waals surface area (Å²) in [4.78, 5) is 9.23. The smallest absolute Gasteiger partial charge is 0.124 e. The number of halogens is 2. The van der Waals surface area contributed by atoms with E-state index in [1.165, 1.54) is 5.56 Å². The zero-order valence-electron chi connectivity index (χ0n) is 19.8. The first-order chi connectivity index (χ1) is 17.0. The normalized spacial score (nSPS) is 15.1. The number of amidine groups is 1. The molecule has 1 saturated heterocycles. The maximum Gasteiger partial charge on any atom is 0.124 e. The van der Waals surface area contributed by atoms with Crippen molar-refractivity contribution in [3.05, 3.63) is 94.0 Å². The van der Waals surface area contributed by atoms with E-state index < -0.39 is 0 Å². The average molecular weight is 509 g/mol. The highest BCUT2D eigenvalue weighted by atomic mass is 35.5. The molecule has 3 aromatic rings. The van der Waals surface area contributed by atoms with Crippen molar-refractivity contribution in [3.63, 3.8) is 0 Å². The number of nitrogens with zero attached hydrogens (tertiary/aromatic N) is 3. The number of piperazine rings is 1. The largest absolute Gasteiger partial charge is 0.494 e. The zero-order valence-corrected chi connectivity index (χ0v) is 21.3. The molecule has 0 radical (unpaired) electrons. The number of hydrogen-bond donors (Lipinski definition) is 1. The van der Waals surface area contributed by atoms with E-state index in [2.05, 4.69) is 33.0 Å². The van der Waals surface area contributed by atoms with Crippen LogP contribution in [0.25, 0.3) is 6.08 Å². The van der Waals surface area contributed by atoms with E-state index >= 15 is 0 Å². The molecule has 0 unspecified atom stereocenters. The van der Waals surface area contributed by atoms with Crippen molar-refractivity contribution in [3.8, 4) is 5.75 Å². The van der Waals surface area contributed by atoms with Crippen LogP contribution in [0.4, 0.5) is 11.4 Å². The minimum Gasteiger partial charge on any atom is -0.494 e. The number of aliphatic imine (C=N–C) groups is 1. The van der Waals surface area contributed by atoms with Crippen molar-refractivity contribution in [2.24, 2.45) is 10.7 Å². The van der Waals surface area contributed by atoms with Gasteiger partial charge in [-0.05, 0) is 78.7 Å². The van der Waals surface area contributed by atoms with E-state index in [9.17, 15) is 0 Å². The highest BCUT2D eigenvalue weighted by molar-refractivity contribution is 6.32. The molecule has 5 nitrogen and oxygen atoms in total. The molecular formula is C28H30Cl2N4O. The number of benzene rings is 3. The van der Waals surface area contributed by atoms with Crippen LogP contribution >= 0.6 is 23.2 Å². The molecule has 0 amide bonds. The van der Waals surface area contributed by atoms with E-state index in [4.69, 9.17) is 33.7 Å². The van der Waals surface area contributed by atoms with E-state index in [0.717, 1.165) is 55.4 Å². The third kappa shape index (κ3) is 7.25. The maximum absolute atomic E-state index is 6.59. The molecule has 1 aliphatic heterocycles. The van der Waals surface area contributed by atoms with Crippen LogP contribution in [-0.2, 0) is 6.54 Å². The van der Waals surface area contributed by atoms with E-state index in [1.54, 1.807) is 18.2 Å². The quantitative estimate of drug-likeness (QED) is 0.281. The van der Waals surface area contributed by atoms with Crippen molar-refractivity contribution < 1.29 is 4.74 Å². The Labute approximate surface area is 217 Å². The topological polar surface area (TPSA) is 54.1 Å². The Hall–Kier alpha value is -2.99. The minimum atomic E-state index is 0.399.